The molecule has 0 radical (unpaired) electrons. The average molecular weight is 244 g/mol. The van der Waals surface area contributed by atoms with E-state index >= 15 is 0 Å². The van der Waals surface area contributed by atoms with Crippen LogP contribution < -0.4 is 5.73 Å². The summed E-state index contributed by atoms with van der Waals surface area (Å²) in [4.78, 5) is 8.02. The summed E-state index contributed by atoms with van der Waals surface area (Å²) in [6.07, 6.45) is 6.56. The van der Waals surface area contributed by atoms with Gasteiger partial charge in [0.15, 0.2) is 0 Å². The van der Waals surface area contributed by atoms with E-state index in [2.05, 4.69) is 9.97 Å². The minimum Gasteiger partial charge on any atom is -0.368 e. The molecule has 1 aliphatic rings. The second-order valence-corrected chi connectivity index (χ2v) is 5.47. The number of hydrogen-bond acceptors (Lipinski definition) is 4. The normalized spacial score (nSPS) is 17.9. The third kappa shape index (κ3) is 3.24. The largest absolute Gasteiger partial charge is 0.368 e. The highest BCUT2D eigenvalue weighted by Gasteiger charge is 2.15. The van der Waals surface area contributed by atoms with Crippen LogP contribution in [0.1, 0.15) is 32.1 Å². The van der Waals surface area contributed by atoms with E-state index in [-0.39, 0.29) is 5.95 Å². The minimum atomic E-state index is 0.265. The predicted octanol–water partition coefficient (Wildman–Crippen LogP) is 3.14. The highest BCUT2D eigenvalue weighted by Crippen LogP contribution is 2.33. The first-order valence-corrected chi connectivity index (χ1v) is 6.46. The van der Waals surface area contributed by atoms with E-state index in [4.69, 9.17) is 17.3 Å². The van der Waals surface area contributed by atoms with Crippen molar-refractivity contribution in [3.05, 3.63) is 11.2 Å². The quantitative estimate of drug-likeness (QED) is 0.811. The molecule has 1 fully saturated rings. The Labute approximate surface area is 98.8 Å². The van der Waals surface area contributed by atoms with Crippen LogP contribution in [0.15, 0.2) is 11.1 Å². The molecule has 5 heteroatoms. The fraction of sp³-hybridized carbons (Fsp3) is 0.600. The molecule has 3 nitrogen and oxygen atoms in total. The van der Waals surface area contributed by atoms with Crippen LogP contribution in [0.5, 0.6) is 0 Å². The second kappa shape index (κ2) is 5.03. The van der Waals surface area contributed by atoms with Crippen LogP contribution in [0, 0.1) is 0 Å². The molecule has 1 aromatic rings. The Hall–Kier alpha value is -0.480. The molecule has 1 aliphatic carbocycles. The second-order valence-electron chi connectivity index (χ2n) is 3.76. The van der Waals surface area contributed by atoms with Gasteiger partial charge in [-0.05, 0) is 12.8 Å². The van der Waals surface area contributed by atoms with Crippen molar-refractivity contribution in [1.29, 1.82) is 0 Å². The molecule has 0 saturated heterocycles. The van der Waals surface area contributed by atoms with Crippen molar-refractivity contribution >= 4 is 29.3 Å². The molecule has 0 aromatic carbocycles. The van der Waals surface area contributed by atoms with E-state index in [9.17, 15) is 0 Å². The summed E-state index contributed by atoms with van der Waals surface area (Å²) in [6.45, 7) is 0. The summed E-state index contributed by atoms with van der Waals surface area (Å²) < 4.78 is 0. The van der Waals surface area contributed by atoms with Crippen molar-refractivity contribution in [1.82, 2.24) is 9.97 Å². The van der Waals surface area contributed by atoms with Crippen molar-refractivity contribution < 1.29 is 0 Å². The Balaban J connectivity index is 2.02. The van der Waals surface area contributed by atoms with Gasteiger partial charge in [-0.15, -0.1) is 11.8 Å². The van der Waals surface area contributed by atoms with Crippen molar-refractivity contribution in [2.24, 2.45) is 0 Å². The summed E-state index contributed by atoms with van der Waals surface area (Å²) in [6, 6.07) is 1.79. The van der Waals surface area contributed by atoms with Crippen LogP contribution in [0.25, 0.3) is 0 Å². The van der Waals surface area contributed by atoms with E-state index in [0.29, 0.717) is 10.4 Å². The van der Waals surface area contributed by atoms with Gasteiger partial charge in [-0.3, -0.25) is 0 Å². The zero-order chi connectivity index (χ0) is 10.7. The zero-order valence-corrected chi connectivity index (χ0v) is 10.0. The number of anilines is 1. The van der Waals surface area contributed by atoms with Gasteiger partial charge in [0.25, 0.3) is 0 Å². The first kappa shape index (κ1) is 11.0. The van der Waals surface area contributed by atoms with Gasteiger partial charge in [0.2, 0.25) is 5.95 Å². The Morgan fingerprint density at radius 2 is 2.00 bits per heavy atom. The molecule has 0 spiro atoms. The van der Waals surface area contributed by atoms with Crippen LogP contribution in [0.2, 0.25) is 5.15 Å². The highest BCUT2D eigenvalue weighted by molar-refractivity contribution is 7.99. The zero-order valence-electron chi connectivity index (χ0n) is 8.45. The van der Waals surface area contributed by atoms with Gasteiger partial charge in [-0.25, -0.2) is 9.97 Å². The van der Waals surface area contributed by atoms with E-state index in [1.807, 2.05) is 0 Å². The standard InChI is InChI=1S/C10H14ClN3S/c11-8-6-9(14-10(12)13-8)15-7-4-2-1-3-5-7/h6-7H,1-5H2,(H2,12,13,14). The molecule has 15 heavy (non-hydrogen) atoms. The molecule has 1 aromatic heterocycles. The van der Waals surface area contributed by atoms with Crippen molar-refractivity contribution in [2.45, 2.75) is 42.4 Å². The number of halogens is 1. The summed E-state index contributed by atoms with van der Waals surface area (Å²) in [5.74, 6) is 0.265. The molecular weight excluding hydrogens is 230 g/mol. The third-order valence-electron chi connectivity index (χ3n) is 2.53. The topological polar surface area (TPSA) is 51.8 Å². The van der Waals surface area contributed by atoms with Crippen LogP contribution >= 0.6 is 23.4 Å². The first-order chi connectivity index (χ1) is 7.24. The van der Waals surface area contributed by atoms with Crippen molar-refractivity contribution in [2.75, 3.05) is 5.73 Å². The Bertz CT molecular complexity index is 319. The number of aromatic nitrogens is 2. The molecule has 0 aliphatic heterocycles. The summed E-state index contributed by atoms with van der Waals surface area (Å²) in [5, 5.41) is 2.00. The number of thioether (sulfide) groups is 1. The van der Waals surface area contributed by atoms with Gasteiger partial charge < -0.3 is 5.73 Å². The summed E-state index contributed by atoms with van der Waals surface area (Å²) in [5.41, 5.74) is 5.54. The molecule has 0 atom stereocenters. The van der Waals surface area contributed by atoms with Gasteiger partial charge in [-0.1, -0.05) is 30.9 Å². The van der Waals surface area contributed by atoms with Gasteiger partial charge in [0.05, 0.1) is 0 Å². The third-order valence-corrected chi connectivity index (χ3v) is 3.98. The lowest BCUT2D eigenvalue weighted by Gasteiger charge is -2.20. The van der Waals surface area contributed by atoms with Crippen LogP contribution in [-0.2, 0) is 0 Å². The molecule has 0 unspecified atom stereocenters. The summed E-state index contributed by atoms with van der Waals surface area (Å²) in [7, 11) is 0. The predicted molar refractivity (Wildman–Crippen MR) is 64.2 cm³/mol. The van der Waals surface area contributed by atoms with E-state index in [1.54, 1.807) is 17.8 Å². The fourth-order valence-corrected chi connectivity index (χ4v) is 3.32. The van der Waals surface area contributed by atoms with Crippen LogP contribution in [-0.4, -0.2) is 15.2 Å². The first-order valence-electron chi connectivity index (χ1n) is 5.21. The van der Waals surface area contributed by atoms with Gasteiger partial charge >= 0.3 is 0 Å². The maximum atomic E-state index is 5.82. The maximum absolute atomic E-state index is 5.82. The molecule has 82 valence electrons. The number of hydrogen-bond donors (Lipinski definition) is 1. The maximum Gasteiger partial charge on any atom is 0.222 e. The lowest BCUT2D eigenvalue weighted by Crippen LogP contribution is -2.08. The SMILES string of the molecule is Nc1nc(Cl)cc(SC2CCCCC2)n1. The number of nitrogens with two attached hydrogens (primary N) is 1. The van der Waals surface area contributed by atoms with Gasteiger partial charge in [0.1, 0.15) is 10.2 Å². The smallest absolute Gasteiger partial charge is 0.222 e. The van der Waals surface area contributed by atoms with Gasteiger partial charge in [-0.2, -0.15) is 0 Å². The van der Waals surface area contributed by atoms with E-state index < -0.39 is 0 Å². The molecule has 0 bridgehead atoms. The van der Waals surface area contributed by atoms with Crippen molar-refractivity contribution in [3.63, 3.8) is 0 Å². The number of nitrogen functional groups attached to an aromatic ring is 1. The molecule has 1 heterocycles. The lowest BCUT2D eigenvalue weighted by molar-refractivity contribution is 0.515. The fourth-order valence-electron chi connectivity index (χ4n) is 1.83. The Morgan fingerprint density at radius 3 is 2.67 bits per heavy atom. The molecule has 2 N–H and O–H groups in total. The van der Waals surface area contributed by atoms with Crippen LogP contribution in [0.4, 0.5) is 5.95 Å². The minimum absolute atomic E-state index is 0.265. The molecule has 1 saturated carbocycles. The van der Waals surface area contributed by atoms with E-state index in [0.717, 1.165) is 5.03 Å². The van der Waals surface area contributed by atoms with Crippen LogP contribution in [0.3, 0.4) is 0 Å². The Morgan fingerprint density at radius 1 is 1.27 bits per heavy atom. The lowest BCUT2D eigenvalue weighted by atomic mass is 10.0. The average Bonchev–Trinajstić information content (AvgIpc) is 2.17. The molecular formula is C10H14ClN3S. The number of rotatable bonds is 2. The molecule has 0 amide bonds. The molecule has 2 rings (SSSR count). The monoisotopic (exact) mass is 243 g/mol. The highest BCUT2D eigenvalue weighted by atomic mass is 35.5. The Kier molecular flexibility index (Phi) is 3.70. The van der Waals surface area contributed by atoms with Gasteiger partial charge in [0, 0.05) is 11.3 Å². The number of nitrogens with zero attached hydrogens (tertiary/aromatic N) is 2. The van der Waals surface area contributed by atoms with E-state index in [1.165, 1.54) is 32.1 Å². The summed E-state index contributed by atoms with van der Waals surface area (Å²) >= 11 is 7.60. The van der Waals surface area contributed by atoms with Crippen molar-refractivity contribution in [3.8, 4) is 0 Å².